The molecule has 14 heteroatoms. The fourth-order valence-electron chi connectivity index (χ4n) is 12.0. The molecule has 0 bridgehead atoms. The molecule has 14 aromatic rings. The van der Waals surface area contributed by atoms with Crippen LogP contribution in [0.5, 0.6) is 0 Å². The van der Waals surface area contributed by atoms with Crippen LogP contribution in [-0.4, -0.2) is 24.1 Å². The van der Waals surface area contributed by atoms with E-state index in [2.05, 4.69) is 57.6 Å². The minimum absolute atomic E-state index is 0.211. The predicted molar refractivity (Wildman–Crippen MR) is 357 cm³/mol. The van der Waals surface area contributed by atoms with Crippen LogP contribution in [0, 0.1) is 78.2 Å². The predicted octanol–water partition coefficient (Wildman–Crippen LogP) is 20.0. The summed E-state index contributed by atoms with van der Waals surface area (Å²) in [7, 11) is 0. The molecule has 3 heterocycles. The van der Waals surface area contributed by atoms with Crippen LogP contribution in [0.2, 0.25) is 0 Å². The standard InChI is InChI=1S/C78H36N14/c1-83-60-29-48(44-81)27-57(31-60)53-17-21-71-65(36-53)64-35-52(56-25-46(42-79)24-47(26-56)43-80)16-20-70(64)91(71)74-40-68(78-89-76(50-12-8-6-9-13-50)88-77(90-78)51-14-10-7-11-15-51)69(87-5)41-75(74)92-72-22-18-54(58-28-49(45-82)30-61(32-58)84-2)37-66(72)67-38-55(19-23-73(67)92)59-33-62(85-3)39-63(34-59)86-4/h6-41H. The number of hydrogen-bond acceptors (Lipinski definition) is 7. The fraction of sp³-hybridized carbons (Fsp3) is 0. The molecule has 0 saturated heterocycles. The molecule has 14 nitrogen and oxygen atoms in total. The minimum atomic E-state index is 0.211. The summed E-state index contributed by atoms with van der Waals surface area (Å²) in [5.74, 6) is 1.01. The Labute approximate surface area is 526 Å². The number of rotatable bonds is 9. The zero-order chi connectivity index (χ0) is 63.1. The van der Waals surface area contributed by atoms with E-state index in [1.54, 1.807) is 72.8 Å². The van der Waals surface area contributed by atoms with Gasteiger partial charge in [-0.15, -0.1) is 0 Å². The summed E-state index contributed by atoms with van der Waals surface area (Å²) >= 11 is 0. The average molecular weight is 1170 g/mol. The van der Waals surface area contributed by atoms with Gasteiger partial charge in [-0.25, -0.2) is 39.2 Å². The van der Waals surface area contributed by atoms with E-state index >= 15 is 0 Å². The first kappa shape index (κ1) is 55.3. The van der Waals surface area contributed by atoms with E-state index in [1.807, 2.05) is 146 Å². The van der Waals surface area contributed by atoms with Gasteiger partial charge in [0.15, 0.2) is 45.9 Å². The fourth-order valence-corrected chi connectivity index (χ4v) is 12.0. The molecular formula is C78H36N14. The minimum Gasteiger partial charge on any atom is -0.308 e. The Balaban J connectivity index is 1.13. The van der Waals surface area contributed by atoms with Gasteiger partial charge < -0.3 is 9.13 Å². The number of nitriles is 4. The summed E-state index contributed by atoms with van der Waals surface area (Å²) in [6, 6.07) is 75.8. The topological polar surface area (TPSA) is 165 Å². The maximum Gasteiger partial charge on any atom is 0.200 e. The van der Waals surface area contributed by atoms with Crippen LogP contribution in [0.3, 0.4) is 0 Å². The number of aromatic nitrogens is 5. The summed E-state index contributed by atoms with van der Waals surface area (Å²) in [5.41, 5.74) is 14.1. The van der Waals surface area contributed by atoms with Crippen LogP contribution in [0.4, 0.5) is 28.4 Å². The molecule has 0 aliphatic rings. The third kappa shape index (κ3) is 9.71. The van der Waals surface area contributed by atoms with Crippen molar-refractivity contribution < 1.29 is 0 Å². The van der Waals surface area contributed by atoms with E-state index in [4.69, 9.17) is 47.8 Å². The molecule has 0 fully saturated rings. The average Bonchev–Trinajstić information content (AvgIpc) is 1.55. The summed E-state index contributed by atoms with van der Waals surface area (Å²) in [6.45, 7) is 40.8. The quantitative estimate of drug-likeness (QED) is 0.130. The number of benzene rings is 11. The van der Waals surface area contributed by atoms with Crippen molar-refractivity contribution in [2.75, 3.05) is 0 Å². The second-order valence-corrected chi connectivity index (χ2v) is 21.6. The molecule has 0 N–H and O–H groups in total. The number of nitrogens with zero attached hydrogens (tertiary/aromatic N) is 14. The van der Waals surface area contributed by atoms with Crippen LogP contribution >= 0.6 is 0 Å². The Morgan fingerprint density at radius 3 is 0.967 bits per heavy atom. The first-order chi connectivity index (χ1) is 45.1. The van der Waals surface area contributed by atoms with Crippen LogP contribution < -0.4 is 0 Å². The van der Waals surface area contributed by atoms with Crippen molar-refractivity contribution in [2.24, 2.45) is 0 Å². The van der Waals surface area contributed by atoms with Crippen molar-refractivity contribution in [3.8, 4) is 114 Å². The number of fused-ring (bicyclic) bond motifs is 6. The molecule has 0 atom stereocenters. The summed E-state index contributed by atoms with van der Waals surface area (Å²) in [4.78, 5) is 34.4. The summed E-state index contributed by atoms with van der Waals surface area (Å²) < 4.78 is 4.24. The molecule has 0 spiro atoms. The first-order valence-electron chi connectivity index (χ1n) is 28.4. The molecule has 92 heavy (non-hydrogen) atoms. The second-order valence-electron chi connectivity index (χ2n) is 21.6. The molecule has 14 rings (SSSR count). The Hall–Kier alpha value is -14.6. The van der Waals surface area contributed by atoms with Gasteiger partial charge in [-0.05, 0) is 160 Å². The van der Waals surface area contributed by atoms with E-state index in [1.165, 1.54) is 0 Å². The largest absolute Gasteiger partial charge is 0.308 e. The lowest BCUT2D eigenvalue weighted by molar-refractivity contribution is 1.07. The van der Waals surface area contributed by atoms with Crippen LogP contribution in [0.1, 0.15) is 22.3 Å². The van der Waals surface area contributed by atoms with Gasteiger partial charge in [-0.3, -0.25) is 0 Å². The molecule has 3 aromatic heterocycles. The van der Waals surface area contributed by atoms with Crippen LogP contribution in [0.25, 0.3) is 158 Å². The number of hydrogen-bond donors (Lipinski definition) is 0. The Morgan fingerprint density at radius 1 is 0.283 bits per heavy atom. The molecular weight excluding hydrogens is 1130 g/mol. The maximum absolute atomic E-state index is 10.1. The molecule has 11 aromatic carbocycles. The van der Waals surface area contributed by atoms with Gasteiger partial charge in [0.1, 0.15) is 0 Å². The Morgan fingerprint density at radius 2 is 0.609 bits per heavy atom. The molecule has 0 radical (unpaired) electrons. The van der Waals surface area contributed by atoms with E-state index in [-0.39, 0.29) is 11.5 Å². The molecule has 418 valence electrons. The summed E-state index contributed by atoms with van der Waals surface area (Å²) in [6.07, 6.45) is 0. The van der Waals surface area contributed by atoms with E-state index < -0.39 is 0 Å². The highest BCUT2D eigenvalue weighted by molar-refractivity contribution is 6.15. The maximum atomic E-state index is 10.1. The second kappa shape index (κ2) is 22.7. The van der Waals surface area contributed by atoms with Gasteiger partial charge in [0.05, 0.1) is 102 Å². The third-order valence-corrected chi connectivity index (χ3v) is 16.2. The molecule has 0 aliphatic heterocycles. The third-order valence-electron chi connectivity index (χ3n) is 16.2. The van der Waals surface area contributed by atoms with Crippen molar-refractivity contribution in [3.63, 3.8) is 0 Å². The van der Waals surface area contributed by atoms with Gasteiger partial charge in [0, 0.05) is 49.4 Å². The van der Waals surface area contributed by atoms with Crippen molar-refractivity contribution in [1.82, 2.24) is 24.1 Å². The van der Waals surface area contributed by atoms with Crippen molar-refractivity contribution in [1.29, 1.82) is 21.0 Å². The Kier molecular flexibility index (Phi) is 13.6. The van der Waals surface area contributed by atoms with Gasteiger partial charge >= 0.3 is 0 Å². The normalized spacial score (nSPS) is 10.7. The first-order valence-corrected chi connectivity index (χ1v) is 28.4. The van der Waals surface area contributed by atoms with Crippen LogP contribution in [-0.2, 0) is 0 Å². The highest BCUT2D eigenvalue weighted by atomic mass is 15.1. The molecule has 0 saturated carbocycles. The smallest absolute Gasteiger partial charge is 0.200 e. The zero-order valence-corrected chi connectivity index (χ0v) is 48.0. The SMILES string of the molecule is [C-]#[N+]c1cc(C#N)cc(-c2ccc3c(c2)c2cc(-c4cc([N+]#[C-])cc([N+]#[C-])c4)ccc2n3-c2cc([N+]#[C-])c(-c3nc(-c4ccccc4)nc(-c4ccccc4)n3)cc2-n2c3ccc(-c4cc(C#N)cc(C#N)c4)cc3c3cc(-c4cc(C#N)cc([N+]#[C-])c4)ccc32)c1. The summed E-state index contributed by atoms with van der Waals surface area (Å²) in [5, 5.41) is 43.6. The Bertz CT molecular complexity index is 5500. The monoisotopic (exact) mass is 1170 g/mol. The van der Waals surface area contributed by atoms with Crippen molar-refractivity contribution >= 4 is 72.0 Å². The lowest BCUT2D eigenvalue weighted by atomic mass is 9.97. The highest BCUT2D eigenvalue weighted by Gasteiger charge is 2.26. The molecule has 0 unspecified atom stereocenters. The van der Waals surface area contributed by atoms with Crippen LogP contribution in [0.15, 0.2) is 218 Å². The van der Waals surface area contributed by atoms with Crippen molar-refractivity contribution in [3.05, 3.63) is 298 Å². The van der Waals surface area contributed by atoms with E-state index in [9.17, 15) is 21.0 Å². The van der Waals surface area contributed by atoms with Gasteiger partial charge in [0.25, 0.3) is 0 Å². The van der Waals surface area contributed by atoms with E-state index in [0.29, 0.717) is 118 Å². The molecule has 0 amide bonds. The van der Waals surface area contributed by atoms with Gasteiger partial charge in [-0.2, -0.15) is 21.0 Å². The molecule has 0 aliphatic carbocycles. The lowest BCUT2D eigenvalue weighted by Crippen LogP contribution is -2.06. The zero-order valence-electron chi connectivity index (χ0n) is 48.0. The van der Waals surface area contributed by atoms with E-state index in [0.717, 1.165) is 54.9 Å². The highest BCUT2D eigenvalue weighted by Crippen LogP contribution is 2.46. The van der Waals surface area contributed by atoms with Gasteiger partial charge in [0.2, 0.25) is 0 Å². The lowest BCUT2D eigenvalue weighted by Gasteiger charge is -2.20. The van der Waals surface area contributed by atoms with Crippen molar-refractivity contribution in [2.45, 2.75) is 0 Å². The van der Waals surface area contributed by atoms with Gasteiger partial charge in [-0.1, -0.05) is 103 Å².